The van der Waals surface area contributed by atoms with Crippen LogP contribution in [0, 0.1) is 0 Å². The summed E-state index contributed by atoms with van der Waals surface area (Å²) in [5.41, 5.74) is 4.05. The molecule has 0 heterocycles. The van der Waals surface area contributed by atoms with Crippen LogP contribution < -0.4 is 16.2 Å². The maximum Gasteiger partial charge on any atom is 0.274 e. The number of thiocarbonyl (C=S) groups is 1. The highest BCUT2D eigenvalue weighted by molar-refractivity contribution is 7.80. The van der Waals surface area contributed by atoms with E-state index in [1.807, 2.05) is 26.0 Å². The van der Waals surface area contributed by atoms with E-state index >= 15 is 0 Å². The number of amides is 2. The van der Waals surface area contributed by atoms with E-state index in [4.69, 9.17) is 17.0 Å². The number of carbonyl (C=O) groups excluding carboxylic acids is 2. The zero-order chi connectivity index (χ0) is 18.7. The highest BCUT2D eigenvalue weighted by atomic mass is 32.1. The molecule has 2 atom stereocenters. The molecule has 1 aliphatic carbocycles. The van der Waals surface area contributed by atoms with Crippen LogP contribution in [-0.2, 0) is 14.3 Å². The fourth-order valence-corrected chi connectivity index (χ4v) is 2.68. The fraction of sp³-hybridized carbons (Fsp3) is 0.611. The number of rotatable bonds is 8. The van der Waals surface area contributed by atoms with Crippen LogP contribution in [0.4, 0.5) is 0 Å². The lowest BCUT2D eigenvalue weighted by molar-refractivity contribution is -0.147. The molecule has 0 aromatic rings. The summed E-state index contributed by atoms with van der Waals surface area (Å²) in [7, 11) is 0. The van der Waals surface area contributed by atoms with Crippen molar-refractivity contribution >= 4 is 29.1 Å². The molecule has 0 aromatic heterocycles. The maximum absolute atomic E-state index is 12.7. The van der Waals surface area contributed by atoms with Gasteiger partial charge in [0.15, 0.2) is 10.7 Å². The van der Waals surface area contributed by atoms with Crippen LogP contribution in [0.2, 0.25) is 0 Å². The summed E-state index contributed by atoms with van der Waals surface area (Å²) in [5.74, 6) is -0.516. The Morgan fingerprint density at radius 2 is 2.00 bits per heavy atom. The van der Waals surface area contributed by atoms with Gasteiger partial charge < -0.3 is 10.1 Å². The van der Waals surface area contributed by atoms with E-state index in [-0.39, 0.29) is 23.0 Å². The van der Waals surface area contributed by atoms with Crippen molar-refractivity contribution in [3.63, 3.8) is 0 Å². The topological polar surface area (TPSA) is 79.5 Å². The third kappa shape index (κ3) is 7.36. The van der Waals surface area contributed by atoms with Crippen molar-refractivity contribution in [3.05, 3.63) is 24.3 Å². The lowest BCUT2D eigenvalue weighted by atomic mass is 9.93. The average Bonchev–Trinajstić information content (AvgIpc) is 2.58. The fourth-order valence-electron chi connectivity index (χ4n) is 2.51. The summed E-state index contributed by atoms with van der Waals surface area (Å²) in [6.07, 6.45) is 11.7. The van der Waals surface area contributed by atoms with Crippen LogP contribution in [-0.4, -0.2) is 28.6 Å². The first-order valence-corrected chi connectivity index (χ1v) is 9.26. The highest BCUT2D eigenvalue weighted by Crippen LogP contribution is 2.25. The van der Waals surface area contributed by atoms with E-state index in [1.165, 1.54) is 0 Å². The molecule has 0 radical (unpaired) electrons. The molecule has 6 nitrogen and oxygen atoms in total. The summed E-state index contributed by atoms with van der Waals surface area (Å²) in [6.45, 7) is 6.04. The first-order chi connectivity index (χ1) is 11.9. The minimum Gasteiger partial charge on any atom is -0.358 e. The Morgan fingerprint density at radius 3 is 2.60 bits per heavy atom. The molecule has 0 aromatic carbocycles. The number of allylic oxidation sites excluding steroid dienone is 2. The zero-order valence-corrected chi connectivity index (χ0v) is 16.1. The smallest absolute Gasteiger partial charge is 0.274 e. The van der Waals surface area contributed by atoms with E-state index in [9.17, 15) is 9.59 Å². The molecule has 7 heteroatoms. The van der Waals surface area contributed by atoms with Crippen molar-refractivity contribution in [2.45, 2.75) is 71.0 Å². The minimum atomic E-state index is -1.07. The van der Waals surface area contributed by atoms with Crippen molar-refractivity contribution < 1.29 is 14.3 Å². The normalized spacial score (nSPS) is 20.0. The number of hydrogen-bond acceptors (Lipinski definition) is 4. The molecule has 2 unspecified atom stereocenters. The largest absolute Gasteiger partial charge is 0.358 e. The average molecular weight is 368 g/mol. The van der Waals surface area contributed by atoms with Gasteiger partial charge in [0, 0.05) is 12.8 Å². The zero-order valence-electron chi connectivity index (χ0n) is 15.3. The molecule has 0 aliphatic heterocycles. The predicted molar refractivity (Wildman–Crippen MR) is 103 cm³/mol. The second-order valence-electron chi connectivity index (χ2n) is 6.16. The van der Waals surface area contributed by atoms with Gasteiger partial charge in [-0.15, -0.1) is 0 Å². The number of hydrazine groups is 1. The molecular weight excluding hydrogens is 338 g/mol. The number of nitrogens with one attached hydrogen (secondary N) is 3. The Morgan fingerprint density at radius 1 is 1.24 bits per heavy atom. The van der Waals surface area contributed by atoms with Crippen molar-refractivity contribution in [1.29, 1.82) is 0 Å². The molecule has 0 saturated carbocycles. The van der Waals surface area contributed by atoms with Crippen LogP contribution in [0.1, 0.15) is 59.3 Å². The molecule has 1 rings (SSSR count). The van der Waals surface area contributed by atoms with Crippen LogP contribution in [0.15, 0.2) is 24.3 Å². The van der Waals surface area contributed by atoms with Gasteiger partial charge in [-0.1, -0.05) is 44.9 Å². The van der Waals surface area contributed by atoms with Gasteiger partial charge in [-0.3, -0.25) is 20.4 Å². The van der Waals surface area contributed by atoms with Crippen LogP contribution in [0.3, 0.4) is 0 Å². The quantitative estimate of drug-likeness (QED) is 0.454. The lowest BCUT2D eigenvalue weighted by Crippen LogP contribution is -2.56. The molecule has 3 N–H and O–H groups in total. The van der Waals surface area contributed by atoms with Crippen LogP contribution in [0.25, 0.3) is 0 Å². The van der Waals surface area contributed by atoms with Gasteiger partial charge >= 0.3 is 0 Å². The van der Waals surface area contributed by atoms with Crippen molar-refractivity contribution in [2.75, 3.05) is 0 Å². The monoisotopic (exact) mass is 367 g/mol. The third-order valence-electron chi connectivity index (χ3n) is 3.82. The number of unbranched alkanes of at least 4 members (excludes halogenated alkanes) is 1. The van der Waals surface area contributed by atoms with E-state index in [0.717, 1.165) is 25.7 Å². The summed E-state index contributed by atoms with van der Waals surface area (Å²) in [4.78, 5) is 24.3. The molecular formula is C18H29N3O3S. The van der Waals surface area contributed by atoms with E-state index < -0.39 is 5.60 Å². The third-order valence-corrected chi connectivity index (χ3v) is 4.03. The Hall–Kier alpha value is -1.73. The van der Waals surface area contributed by atoms with Gasteiger partial charge in [0.1, 0.15) is 0 Å². The molecule has 140 valence electrons. The number of ether oxygens (including phenoxy) is 1. The van der Waals surface area contributed by atoms with Gasteiger partial charge in [0.25, 0.3) is 5.91 Å². The Bertz CT molecular complexity index is 534. The molecule has 0 saturated heterocycles. The van der Waals surface area contributed by atoms with Crippen LogP contribution >= 0.6 is 12.2 Å². The summed E-state index contributed by atoms with van der Waals surface area (Å²) < 4.78 is 6.03. The minimum absolute atomic E-state index is 0.0485. The predicted octanol–water partition coefficient (Wildman–Crippen LogP) is 2.66. The number of hydrogen-bond donors (Lipinski definition) is 3. The maximum atomic E-state index is 12.7. The Labute approximate surface area is 155 Å². The van der Waals surface area contributed by atoms with E-state index in [0.29, 0.717) is 12.8 Å². The standard InChI is InChI=1S/C18H29N3O3S/c1-4-6-11-15(22)19-17(25)21-20-16(23)18(12-8-7-9-13-18)24-14(3)10-5-2/h7-9,12,14H,4-6,10-11,13H2,1-3H3,(H,20,23)(H2,19,21,22,25). The first-order valence-electron chi connectivity index (χ1n) is 8.86. The van der Waals surface area contributed by atoms with E-state index in [2.05, 4.69) is 23.1 Å². The lowest BCUT2D eigenvalue weighted by Gasteiger charge is -2.33. The van der Waals surface area contributed by atoms with Crippen molar-refractivity contribution in [2.24, 2.45) is 0 Å². The van der Waals surface area contributed by atoms with Gasteiger partial charge in [-0.2, -0.15) is 0 Å². The highest BCUT2D eigenvalue weighted by Gasteiger charge is 2.38. The SMILES string of the molecule is CCCCC(=O)NC(=S)NNC(=O)C1(OC(C)CCC)C=CC=CC1. The van der Waals surface area contributed by atoms with Gasteiger partial charge in [0.05, 0.1) is 6.10 Å². The summed E-state index contributed by atoms with van der Waals surface area (Å²) >= 11 is 5.04. The summed E-state index contributed by atoms with van der Waals surface area (Å²) in [5, 5.41) is 2.61. The molecule has 1 aliphatic rings. The molecule has 0 bridgehead atoms. The van der Waals surface area contributed by atoms with Crippen molar-refractivity contribution in [1.82, 2.24) is 16.2 Å². The van der Waals surface area contributed by atoms with Crippen LogP contribution in [0.5, 0.6) is 0 Å². The Kier molecular flexibility index (Phi) is 9.37. The second-order valence-corrected chi connectivity index (χ2v) is 6.57. The molecule has 0 spiro atoms. The summed E-state index contributed by atoms with van der Waals surface area (Å²) in [6, 6.07) is 0. The molecule has 2 amide bonds. The van der Waals surface area contributed by atoms with Gasteiger partial charge in [-0.25, -0.2) is 0 Å². The number of carbonyl (C=O) groups is 2. The second kappa shape index (κ2) is 11.0. The Balaban J connectivity index is 2.58. The first kappa shape index (κ1) is 21.3. The van der Waals surface area contributed by atoms with Gasteiger partial charge in [0.2, 0.25) is 5.91 Å². The molecule has 25 heavy (non-hydrogen) atoms. The molecule has 0 fully saturated rings. The van der Waals surface area contributed by atoms with Crippen molar-refractivity contribution in [3.8, 4) is 0 Å². The van der Waals surface area contributed by atoms with E-state index in [1.54, 1.807) is 12.2 Å². The van der Waals surface area contributed by atoms with Gasteiger partial charge in [-0.05, 0) is 38.1 Å².